The van der Waals surface area contributed by atoms with Gasteiger partial charge in [0.25, 0.3) is 5.69 Å². The maximum Gasteiger partial charge on any atom is 0.277 e. The second-order valence-electron chi connectivity index (χ2n) is 8.24. The molecule has 0 N–H and O–H groups in total. The molecule has 0 spiro atoms. The van der Waals surface area contributed by atoms with Crippen LogP contribution in [0.5, 0.6) is 0 Å². The van der Waals surface area contributed by atoms with Gasteiger partial charge in [-0.3, -0.25) is 10.1 Å². The van der Waals surface area contributed by atoms with Crippen LogP contribution in [0.1, 0.15) is 0 Å². The van der Waals surface area contributed by atoms with Gasteiger partial charge in [0.1, 0.15) is 0 Å². The lowest BCUT2D eigenvalue weighted by atomic mass is 9.98. The summed E-state index contributed by atoms with van der Waals surface area (Å²) in [6, 6.07) is 40.1. The molecule has 0 amide bonds. The van der Waals surface area contributed by atoms with Crippen molar-refractivity contribution in [2.24, 2.45) is 0 Å². The Kier molecular flexibility index (Phi) is 4.70. The highest BCUT2D eigenvalue weighted by molar-refractivity contribution is 6.16. The van der Waals surface area contributed by atoms with Crippen molar-refractivity contribution in [2.75, 3.05) is 0 Å². The number of para-hydroxylation sites is 2. The molecule has 6 aromatic rings. The minimum atomic E-state index is -0.310. The second kappa shape index (κ2) is 8.01. The highest BCUT2D eigenvalue weighted by atomic mass is 16.6. The fourth-order valence-corrected chi connectivity index (χ4v) is 4.82. The van der Waals surface area contributed by atoms with Gasteiger partial charge in [0, 0.05) is 22.5 Å². The SMILES string of the molecule is O=[N+]([O-])c1ccccc1-c1cccc2c1c1ccccc1n2-c1ccc(-c2ccccc2)cc1. The van der Waals surface area contributed by atoms with E-state index in [4.69, 9.17) is 0 Å². The van der Waals surface area contributed by atoms with E-state index in [0.717, 1.165) is 38.6 Å². The molecule has 0 aliphatic carbocycles. The summed E-state index contributed by atoms with van der Waals surface area (Å²) in [5, 5.41) is 13.9. The molecule has 0 bridgehead atoms. The van der Waals surface area contributed by atoms with Gasteiger partial charge in [0.2, 0.25) is 0 Å². The molecule has 34 heavy (non-hydrogen) atoms. The Morgan fingerprint density at radius 2 is 1.18 bits per heavy atom. The smallest absolute Gasteiger partial charge is 0.277 e. The molecule has 0 unspecified atom stereocenters. The molecule has 0 radical (unpaired) electrons. The summed E-state index contributed by atoms with van der Waals surface area (Å²) in [6.45, 7) is 0. The summed E-state index contributed by atoms with van der Waals surface area (Å²) >= 11 is 0. The summed E-state index contributed by atoms with van der Waals surface area (Å²) in [5.41, 5.74) is 7.06. The zero-order chi connectivity index (χ0) is 23.1. The van der Waals surface area contributed by atoms with Gasteiger partial charge < -0.3 is 4.57 Å². The number of hydrogen-bond acceptors (Lipinski definition) is 2. The lowest BCUT2D eigenvalue weighted by molar-refractivity contribution is -0.384. The van der Waals surface area contributed by atoms with Gasteiger partial charge in [0.05, 0.1) is 21.5 Å². The third-order valence-corrected chi connectivity index (χ3v) is 6.32. The fourth-order valence-electron chi connectivity index (χ4n) is 4.82. The predicted octanol–water partition coefficient (Wildman–Crippen LogP) is 8.03. The van der Waals surface area contributed by atoms with E-state index in [0.29, 0.717) is 5.56 Å². The number of aromatic nitrogens is 1. The Morgan fingerprint density at radius 3 is 1.97 bits per heavy atom. The lowest BCUT2D eigenvalue weighted by Crippen LogP contribution is -1.94. The topological polar surface area (TPSA) is 48.1 Å². The number of benzene rings is 5. The average molecular weight is 441 g/mol. The Morgan fingerprint density at radius 1 is 0.559 bits per heavy atom. The van der Waals surface area contributed by atoms with E-state index in [2.05, 4.69) is 59.2 Å². The highest BCUT2D eigenvalue weighted by Crippen LogP contribution is 2.41. The molecule has 6 rings (SSSR count). The van der Waals surface area contributed by atoms with Crippen LogP contribution in [0, 0.1) is 10.1 Å². The molecule has 4 heteroatoms. The molecule has 0 atom stereocenters. The highest BCUT2D eigenvalue weighted by Gasteiger charge is 2.20. The van der Waals surface area contributed by atoms with Crippen molar-refractivity contribution < 1.29 is 4.92 Å². The molecule has 0 aliphatic heterocycles. The van der Waals surface area contributed by atoms with E-state index in [1.165, 1.54) is 5.56 Å². The summed E-state index contributed by atoms with van der Waals surface area (Å²) in [6.07, 6.45) is 0. The number of fused-ring (bicyclic) bond motifs is 3. The zero-order valence-corrected chi connectivity index (χ0v) is 18.3. The minimum Gasteiger partial charge on any atom is -0.309 e. The summed E-state index contributed by atoms with van der Waals surface area (Å²) in [7, 11) is 0. The first-order chi connectivity index (χ1) is 16.7. The van der Waals surface area contributed by atoms with Crippen LogP contribution in [0.3, 0.4) is 0 Å². The first-order valence-electron chi connectivity index (χ1n) is 11.1. The van der Waals surface area contributed by atoms with Crippen LogP contribution in [0.4, 0.5) is 5.69 Å². The van der Waals surface area contributed by atoms with Gasteiger partial charge in [-0.05, 0) is 47.0 Å². The third-order valence-electron chi connectivity index (χ3n) is 6.32. The van der Waals surface area contributed by atoms with Crippen molar-refractivity contribution in [2.45, 2.75) is 0 Å². The van der Waals surface area contributed by atoms with E-state index in [1.807, 2.05) is 54.6 Å². The Balaban J connectivity index is 1.61. The van der Waals surface area contributed by atoms with Crippen LogP contribution in [0.25, 0.3) is 49.7 Å². The van der Waals surface area contributed by atoms with Crippen LogP contribution in [0.2, 0.25) is 0 Å². The molecule has 4 nitrogen and oxygen atoms in total. The van der Waals surface area contributed by atoms with Gasteiger partial charge in [-0.25, -0.2) is 0 Å². The number of rotatable bonds is 4. The first kappa shape index (κ1) is 19.9. The number of nitro groups is 1. The van der Waals surface area contributed by atoms with Crippen LogP contribution in [0.15, 0.2) is 121 Å². The molecule has 0 saturated carbocycles. The Hall–Kier alpha value is -4.70. The van der Waals surface area contributed by atoms with Crippen LogP contribution in [-0.4, -0.2) is 9.49 Å². The fraction of sp³-hybridized carbons (Fsp3) is 0. The molecular formula is C30H20N2O2. The molecule has 1 heterocycles. The monoisotopic (exact) mass is 440 g/mol. The first-order valence-corrected chi connectivity index (χ1v) is 11.1. The van der Waals surface area contributed by atoms with Crippen molar-refractivity contribution in [3.63, 3.8) is 0 Å². The van der Waals surface area contributed by atoms with Crippen molar-refractivity contribution in [3.05, 3.63) is 131 Å². The van der Waals surface area contributed by atoms with Gasteiger partial charge in [-0.1, -0.05) is 84.9 Å². The summed E-state index contributed by atoms with van der Waals surface area (Å²) in [5.74, 6) is 0. The van der Waals surface area contributed by atoms with E-state index >= 15 is 0 Å². The van der Waals surface area contributed by atoms with E-state index in [1.54, 1.807) is 12.1 Å². The summed E-state index contributed by atoms with van der Waals surface area (Å²) < 4.78 is 2.23. The molecule has 1 aromatic heterocycles. The number of nitrogens with zero attached hydrogens (tertiary/aromatic N) is 2. The molecule has 0 aliphatic rings. The molecular weight excluding hydrogens is 420 g/mol. The van der Waals surface area contributed by atoms with Crippen LogP contribution < -0.4 is 0 Å². The van der Waals surface area contributed by atoms with E-state index in [9.17, 15) is 10.1 Å². The van der Waals surface area contributed by atoms with Gasteiger partial charge >= 0.3 is 0 Å². The Labute approximate surface area is 196 Å². The van der Waals surface area contributed by atoms with Gasteiger partial charge in [-0.2, -0.15) is 0 Å². The normalized spacial score (nSPS) is 11.2. The molecule has 0 saturated heterocycles. The van der Waals surface area contributed by atoms with Crippen LogP contribution >= 0.6 is 0 Å². The molecule has 162 valence electrons. The number of nitro benzene ring substituents is 1. The number of hydrogen-bond donors (Lipinski definition) is 0. The lowest BCUT2D eigenvalue weighted by Gasteiger charge is -2.10. The molecule has 0 fully saturated rings. The van der Waals surface area contributed by atoms with Gasteiger partial charge in [-0.15, -0.1) is 0 Å². The standard InChI is InChI=1S/C30H20N2O2/c33-32(34)28-15-7-4-11-24(28)25-13-8-16-29-30(25)26-12-5-6-14-27(26)31(29)23-19-17-22(18-20-23)21-9-2-1-3-10-21/h1-20H. The zero-order valence-electron chi connectivity index (χ0n) is 18.3. The van der Waals surface area contributed by atoms with Crippen molar-refractivity contribution >= 4 is 27.5 Å². The Bertz CT molecular complexity index is 1670. The van der Waals surface area contributed by atoms with Crippen molar-refractivity contribution in [1.29, 1.82) is 0 Å². The average Bonchev–Trinajstić information content (AvgIpc) is 3.24. The minimum absolute atomic E-state index is 0.110. The van der Waals surface area contributed by atoms with Gasteiger partial charge in [0.15, 0.2) is 0 Å². The van der Waals surface area contributed by atoms with E-state index in [-0.39, 0.29) is 10.6 Å². The van der Waals surface area contributed by atoms with E-state index < -0.39 is 0 Å². The maximum atomic E-state index is 11.8. The van der Waals surface area contributed by atoms with Crippen molar-refractivity contribution in [1.82, 2.24) is 4.57 Å². The predicted molar refractivity (Wildman–Crippen MR) is 138 cm³/mol. The second-order valence-corrected chi connectivity index (χ2v) is 8.24. The third kappa shape index (κ3) is 3.16. The maximum absolute atomic E-state index is 11.8. The quantitative estimate of drug-likeness (QED) is 0.206. The molecule has 5 aromatic carbocycles. The van der Waals surface area contributed by atoms with Crippen molar-refractivity contribution in [3.8, 4) is 27.9 Å². The van der Waals surface area contributed by atoms with Crippen LogP contribution in [-0.2, 0) is 0 Å². The largest absolute Gasteiger partial charge is 0.309 e. The summed E-state index contributed by atoms with van der Waals surface area (Å²) in [4.78, 5) is 11.5.